The highest BCUT2D eigenvalue weighted by Crippen LogP contribution is 2.33. The summed E-state index contributed by atoms with van der Waals surface area (Å²) in [6.07, 6.45) is 0.239. The maximum absolute atomic E-state index is 10.4. The number of benzene rings is 1. The predicted molar refractivity (Wildman–Crippen MR) is 89.5 cm³/mol. The zero-order valence-electron chi connectivity index (χ0n) is 13.6. The molecule has 0 bridgehead atoms. The summed E-state index contributed by atoms with van der Waals surface area (Å²) >= 11 is 0. The summed E-state index contributed by atoms with van der Waals surface area (Å²) in [5, 5.41) is 34.2. The fourth-order valence-electron chi connectivity index (χ4n) is 2.89. The second-order valence-corrected chi connectivity index (χ2v) is 5.89. The van der Waals surface area contributed by atoms with Crippen LogP contribution in [0.4, 0.5) is 0 Å². The Balaban J connectivity index is 1.81. The van der Waals surface area contributed by atoms with E-state index in [1.165, 1.54) is 17.1 Å². The molecule has 0 spiro atoms. The Hall–Kier alpha value is -2.72. The van der Waals surface area contributed by atoms with Crippen molar-refractivity contribution in [2.24, 2.45) is 0 Å². The van der Waals surface area contributed by atoms with Gasteiger partial charge in [0.2, 0.25) is 5.82 Å². The molecule has 0 aliphatic carbocycles. The van der Waals surface area contributed by atoms with Gasteiger partial charge in [-0.25, -0.2) is 14.6 Å². The third-order valence-corrected chi connectivity index (χ3v) is 4.21. The molecule has 0 unspecified atom stereocenters. The van der Waals surface area contributed by atoms with Gasteiger partial charge >= 0.3 is 0 Å². The van der Waals surface area contributed by atoms with Crippen LogP contribution < -0.4 is 0 Å². The second-order valence-electron chi connectivity index (χ2n) is 5.89. The third-order valence-electron chi connectivity index (χ3n) is 4.21. The number of ether oxygens (including phenoxy) is 1. The van der Waals surface area contributed by atoms with Crippen molar-refractivity contribution >= 4 is 0 Å². The fraction of sp³-hybridized carbons (Fsp3) is 0.294. The molecule has 134 valence electrons. The SMILES string of the molecule is OC[C@H]1O[C@@H](n2nc(-c3cnccn3)nc2-c2ccccc2)[C@H](O)[C@@H]1O. The first-order chi connectivity index (χ1) is 12.7. The molecule has 0 amide bonds. The molecule has 26 heavy (non-hydrogen) atoms. The molecule has 4 atom stereocenters. The number of hydrogen-bond donors (Lipinski definition) is 3. The molecule has 3 N–H and O–H groups in total. The highest BCUT2D eigenvalue weighted by molar-refractivity contribution is 5.59. The minimum atomic E-state index is -1.26. The lowest BCUT2D eigenvalue weighted by molar-refractivity contribution is -0.0577. The number of rotatable bonds is 4. The van der Waals surface area contributed by atoms with Crippen LogP contribution in [0.1, 0.15) is 6.23 Å². The molecule has 3 heterocycles. The number of aliphatic hydroxyl groups is 3. The van der Waals surface area contributed by atoms with Crippen molar-refractivity contribution in [3.8, 4) is 22.9 Å². The van der Waals surface area contributed by atoms with Crippen LogP contribution in [0.3, 0.4) is 0 Å². The standard InChI is InChI=1S/C17H17N5O4/c23-9-12-13(24)14(25)17(26-12)22-16(10-4-2-1-3-5-10)20-15(21-22)11-8-18-6-7-19-11/h1-8,12-14,17,23-25H,9H2/t12-,13-,14-,17-/m1/s1. The van der Waals surface area contributed by atoms with E-state index in [1.807, 2.05) is 30.3 Å². The van der Waals surface area contributed by atoms with Gasteiger partial charge in [-0.2, -0.15) is 0 Å². The van der Waals surface area contributed by atoms with Gasteiger partial charge in [0, 0.05) is 18.0 Å². The van der Waals surface area contributed by atoms with Gasteiger partial charge in [-0.05, 0) is 0 Å². The monoisotopic (exact) mass is 355 g/mol. The fourth-order valence-corrected chi connectivity index (χ4v) is 2.89. The Morgan fingerprint density at radius 3 is 2.54 bits per heavy atom. The summed E-state index contributed by atoms with van der Waals surface area (Å²) in [5.74, 6) is 0.760. The average Bonchev–Trinajstić information content (AvgIpc) is 3.25. The highest BCUT2D eigenvalue weighted by atomic mass is 16.6. The summed E-state index contributed by atoms with van der Waals surface area (Å²) in [6, 6.07) is 9.28. The molecule has 3 aromatic rings. The molecule has 4 rings (SSSR count). The van der Waals surface area contributed by atoms with Gasteiger partial charge in [-0.3, -0.25) is 4.98 Å². The maximum atomic E-state index is 10.4. The Morgan fingerprint density at radius 1 is 1.08 bits per heavy atom. The van der Waals surface area contributed by atoms with E-state index < -0.39 is 31.1 Å². The zero-order valence-corrected chi connectivity index (χ0v) is 13.6. The van der Waals surface area contributed by atoms with Crippen LogP contribution in [-0.4, -0.2) is 65.0 Å². The summed E-state index contributed by atoms with van der Waals surface area (Å²) in [7, 11) is 0. The number of aromatic nitrogens is 5. The summed E-state index contributed by atoms with van der Waals surface area (Å²) in [5.41, 5.74) is 1.23. The molecule has 9 heteroatoms. The van der Waals surface area contributed by atoms with E-state index in [1.54, 1.807) is 6.20 Å². The maximum Gasteiger partial charge on any atom is 0.202 e. The largest absolute Gasteiger partial charge is 0.394 e. The van der Waals surface area contributed by atoms with Gasteiger partial charge in [0.25, 0.3) is 0 Å². The minimum Gasteiger partial charge on any atom is -0.394 e. The molecule has 1 aromatic carbocycles. The smallest absolute Gasteiger partial charge is 0.202 e. The van der Waals surface area contributed by atoms with E-state index >= 15 is 0 Å². The Morgan fingerprint density at radius 2 is 1.88 bits per heavy atom. The van der Waals surface area contributed by atoms with Crippen molar-refractivity contribution in [3.05, 3.63) is 48.9 Å². The van der Waals surface area contributed by atoms with Gasteiger partial charge in [0.05, 0.1) is 12.8 Å². The van der Waals surface area contributed by atoms with Crippen LogP contribution in [0.25, 0.3) is 22.9 Å². The lowest BCUT2D eigenvalue weighted by Gasteiger charge is -2.17. The summed E-state index contributed by atoms with van der Waals surface area (Å²) < 4.78 is 7.01. The van der Waals surface area contributed by atoms with Crippen LogP contribution in [0.5, 0.6) is 0 Å². The van der Waals surface area contributed by atoms with Crippen molar-refractivity contribution in [1.82, 2.24) is 24.7 Å². The van der Waals surface area contributed by atoms with E-state index in [0.29, 0.717) is 17.3 Å². The first-order valence-corrected chi connectivity index (χ1v) is 8.10. The van der Waals surface area contributed by atoms with Crippen molar-refractivity contribution in [2.45, 2.75) is 24.5 Å². The summed E-state index contributed by atoms with van der Waals surface area (Å²) in [4.78, 5) is 12.7. The molecule has 1 aliphatic rings. The van der Waals surface area contributed by atoms with Crippen LogP contribution in [0.15, 0.2) is 48.9 Å². The third kappa shape index (κ3) is 2.86. The molecule has 2 aromatic heterocycles. The minimum absolute atomic E-state index is 0.315. The van der Waals surface area contributed by atoms with Crippen LogP contribution in [-0.2, 0) is 4.74 Å². The Labute approximate surface area is 148 Å². The van der Waals surface area contributed by atoms with Gasteiger partial charge in [0.1, 0.15) is 24.0 Å². The topological polar surface area (TPSA) is 126 Å². The van der Waals surface area contributed by atoms with Crippen LogP contribution in [0.2, 0.25) is 0 Å². The molecule has 0 saturated carbocycles. The van der Waals surface area contributed by atoms with Crippen LogP contribution in [0, 0.1) is 0 Å². The first kappa shape index (κ1) is 16.7. The Kier molecular flexibility index (Phi) is 4.43. The molecule has 1 fully saturated rings. The number of nitrogens with zero attached hydrogens (tertiary/aromatic N) is 5. The zero-order chi connectivity index (χ0) is 18.1. The molecule has 0 radical (unpaired) electrons. The van der Waals surface area contributed by atoms with E-state index in [2.05, 4.69) is 20.1 Å². The number of aliphatic hydroxyl groups excluding tert-OH is 3. The molecular weight excluding hydrogens is 338 g/mol. The first-order valence-electron chi connectivity index (χ1n) is 8.10. The second kappa shape index (κ2) is 6.89. The van der Waals surface area contributed by atoms with Crippen molar-refractivity contribution in [3.63, 3.8) is 0 Å². The normalized spacial score (nSPS) is 25.5. The van der Waals surface area contributed by atoms with Gasteiger partial charge in [0.15, 0.2) is 12.1 Å². The van der Waals surface area contributed by atoms with Crippen molar-refractivity contribution in [2.75, 3.05) is 6.61 Å². The molecule has 9 nitrogen and oxygen atoms in total. The lowest BCUT2D eigenvalue weighted by atomic mass is 10.1. The molecule has 1 saturated heterocycles. The lowest BCUT2D eigenvalue weighted by Crippen LogP contribution is -2.33. The summed E-state index contributed by atoms with van der Waals surface area (Å²) in [6.45, 7) is -0.416. The van der Waals surface area contributed by atoms with Crippen molar-refractivity contribution in [1.29, 1.82) is 0 Å². The number of hydrogen-bond acceptors (Lipinski definition) is 8. The van der Waals surface area contributed by atoms with Gasteiger partial charge in [-0.15, -0.1) is 5.10 Å². The van der Waals surface area contributed by atoms with E-state index in [0.717, 1.165) is 5.56 Å². The van der Waals surface area contributed by atoms with E-state index in [4.69, 9.17) is 4.74 Å². The van der Waals surface area contributed by atoms with Crippen molar-refractivity contribution < 1.29 is 20.1 Å². The van der Waals surface area contributed by atoms with E-state index in [9.17, 15) is 15.3 Å². The highest BCUT2D eigenvalue weighted by Gasteiger charge is 2.45. The Bertz CT molecular complexity index is 873. The van der Waals surface area contributed by atoms with E-state index in [-0.39, 0.29) is 0 Å². The quantitative estimate of drug-likeness (QED) is 0.598. The van der Waals surface area contributed by atoms with Gasteiger partial charge in [-0.1, -0.05) is 30.3 Å². The molecule has 1 aliphatic heterocycles. The van der Waals surface area contributed by atoms with Gasteiger partial charge < -0.3 is 20.1 Å². The predicted octanol–water partition coefficient (Wildman–Crippen LogP) is 0.0136. The molecular formula is C17H17N5O4. The average molecular weight is 355 g/mol. The van der Waals surface area contributed by atoms with Crippen LogP contribution >= 0.6 is 0 Å².